The van der Waals surface area contributed by atoms with Crippen LogP contribution in [-0.2, 0) is 22.3 Å². The summed E-state index contributed by atoms with van der Waals surface area (Å²) in [6, 6.07) is 14.4. The summed E-state index contributed by atoms with van der Waals surface area (Å²) in [7, 11) is 0. The van der Waals surface area contributed by atoms with Crippen molar-refractivity contribution in [2.75, 3.05) is 39.5 Å². The first kappa shape index (κ1) is 24.7. The second-order valence-electron chi connectivity index (χ2n) is 7.21. The van der Waals surface area contributed by atoms with E-state index in [4.69, 9.17) is 18.9 Å². The van der Waals surface area contributed by atoms with Crippen LogP contribution in [0.1, 0.15) is 30.6 Å². The number of hydrogen-bond acceptors (Lipinski definition) is 4. The Bertz CT molecular complexity index is 689. The lowest BCUT2D eigenvalue weighted by Crippen LogP contribution is -2.39. The van der Waals surface area contributed by atoms with Crippen LogP contribution in [0.5, 0.6) is 0 Å². The lowest BCUT2D eigenvalue weighted by atomic mass is 10.1. The van der Waals surface area contributed by atoms with E-state index in [0.29, 0.717) is 13.2 Å². The zero-order valence-corrected chi connectivity index (χ0v) is 19.9. The van der Waals surface area contributed by atoms with Gasteiger partial charge in [0.05, 0.1) is 19.0 Å². The average molecular weight is 527 g/mol. The lowest BCUT2D eigenvalue weighted by Gasteiger charge is -2.13. The molecule has 0 aliphatic carbocycles. The topological polar surface area (TPSA) is 68.0 Å². The molecule has 1 atom stereocenters. The first-order valence-electron chi connectivity index (χ1n) is 10.7. The van der Waals surface area contributed by atoms with E-state index in [1.165, 1.54) is 5.56 Å². The van der Waals surface area contributed by atoms with Crippen molar-refractivity contribution in [2.24, 2.45) is 4.99 Å². The highest BCUT2D eigenvalue weighted by molar-refractivity contribution is 14.0. The predicted molar refractivity (Wildman–Crippen MR) is 131 cm³/mol. The van der Waals surface area contributed by atoms with Crippen LogP contribution in [0.2, 0.25) is 0 Å². The molecule has 3 rings (SSSR count). The van der Waals surface area contributed by atoms with Gasteiger partial charge in [-0.15, -0.1) is 24.0 Å². The van der Waals surface area contributed by atoms with Crippen molar-refractivity contribution in [3.05, 3.63) is 60.1 Å². The van der Waals surface area contributed by atoms with Crippen LogP contribution in [0.15, 0.2) is 58.1 Å². The van der Waals surface area contributed by atoms with Crippen LogP contribution in [0.4, 0.5) is 0 Å². The molecular formula is C23H34IN3O3. The zero-order chi connectivity index (χ0) is 20.0. The monoisotopic (exact) mass is 527 g/mol. The summed E-state index contributed by atoms with van der Waals surface area (Å²) in [6.45, 7) is 4.64. The van der Waals surface area contributed by atoms with Gasteiger partial charge in [0.15, 0.2) is 5.96 Å². The second-order valence-corrected chi connectivity index (χ2v) is 7.21. The molecule has 1 aliphatic heterocycles. The first-order chi connectivity index (χ1) is 14.4. The van der Waals surface area contributed by atoms with Crippen molar-refractivity contribution < 1.29 is 13.9 Å². The highest BCUT2D eigenvalue weighted by atomic mass is 127. The van der Waals surface area contributed by atoms with Gasteiger partial charge in [0.2, 0.25) is 0 Å². The third-order valence-corrected chi connectivity index (χ3v) is 4.84. The van der Waals surface area contributed by atoms with Crippen molar-refractivity contribution >= 4 is 29.9 Å². The molecule has 1 fully saturated rings. The van der Waals surface area contributed by atoms with Crippen LogP contribution in [0.3, 0.4) is 0 Å². The summed E-state index contributed by atoms with van der Waals surface area (Å²) < 4.78 is 16.7. The normalized spacial score (nSPS) is 16.3. The maximum absolute atomic E-state index is 5.72. The number of aliphatic imine (C=N–C) groups is 1. The van der Waals surface area contributed by atoms with E-state index < -0.39 is 0 Å². The Morgan fingerprint density at radius 1 is 1.07 bits per heavy atom. The molecule has 0 saturated carbocycles. The molecule has 6 nitrogen and oxygen atoms in total. The van der Waals surface area contributed by atoms with Gasteiger partial charge in [-0.1, -0.05) is 30.3 Å². The van der Waals surface area contributed by atoms with Gasteiger partial charge in [-0.3, -0.25) is 4.99 Å². The minimum atomic E-state index is 0. The molecule has 0 radical (unpaired) electrons. The molecule has 1 aromatic carbocycles. The predicted octanol–water partition coefficient (Wildman–Crippen LogP) is 3.80. The fourth-order valence-electron chi connectivity index (χ4n) is 3.25. The lowest BCUT2D eigenvalue weighted by molar-refractivity contribution is 0.0171. The Morgan fingerprint density at radius 2 is 1.90 bits per heavy atom. The highest BCUT2D eigenvalue weighted by Crippen LogP contribution is 2.11. The van der Waals surface area contributed by atoms with E-state index in [-0.39, 0.29) is 30.1 Å². The zero-order valence-electron chi connectivity index (χ0n) is 17.6. The second kappa shape index (κ2) is 15.3. The molecule has 2 aromatic rings. The Balaban J connectivity index is 0.00000320. The number of benzene rings is 1. The smallest absolute Gasteiger partial charge is 0.191 e. The van der Waals surface area contributed by atoms with Gasteiger partial charge in [-0.25, -0.2) is 0 Å². The molecule has 2 N–H and O–H groups in total. The Hall–Kier alpha value is -1.58. The van der Waals surface area contributed by atoms with Crippen molar-refractivity contribution in [3.8, 4) is 0 Å². The molecule has 7 heteroatoms. The van der Waals surface area contributed by atoms with Crippen LogP contribution in [0.25, 0.3) is 0 Å². The van der Waals surface area contributed by atoms with E-state index in [1.54, 1.807) is 6.26 Å². The summed E-state index contributed by atoms with van der Waals surface area (Å²) >= 11 is 0. The van der Waals surface area contributed by atoms with E-state index in [2.05, 4.69) is 34.9 Å². The minimum absolute atomic E-state index is 0. The average Bonchev–Trinajstić information content (AvgIpc) is 3.45. The summed E-state index contributed by atoms with van der Waals surface area (Å²) in [6.07, 6.45) is 6.96. The molecule has 1 saturated heterocycles. The molecule has 1 unspecified atom stereocenters. The van der Waals surface area contributed by atoms with Gasteiger partial charge in [0.1, 0.15) is 5.76 Å². The Labute approximate surface area is 196 Å². The molecule has 1 aromatic heterocycles. The molecule has 166 valence electrons. The van der Waals surface area contributed by atoms with Crippen molar-refractivity contribution in [1.29, 1.82) is 0 Å². The van der Waals surface area contributed by atoms with Crippen molar-refractivity contribution in [3.63, 3.8) is 0 Å². The van der Waals surface area contributed by atoms with Gasteiger partial charge in [0, 0.05) is 39.3 Å². The van der Waals surface area contributed by atoms with E-state index in [9.17, 15) is 0 Å². The maximum Gasteiger partial charge on any atom is 0.191 e. The van der Waals surface area contributed by atoms with Crippen molar-refractivity contribution in [1.82, 2.24) is 10.6 Å². The molecule has 30 heavy (non-hydrogen) atoms. The molecular weight excluding hydrogens is 493 g/mol. The van der Waals surface area contributed by atoms with E-state index >= 15 is 0 Å². The SMILES string of the molecule is I.c1ccc(CCNC(=NCCCOCC2CCCO2)NCCc2ccco2)cc1. The largest absolute Gasteiger partial charge is 0.469 e. The number of nitrogens with one attached hydrogen (secondary N) is 2. The van der Waals surface area contributed by atoms with Gasteiger partial charge in [-0.05, 0) is 43.4 Å². The van der Waals surface area contributed by atoms with E-state index in [1.807, 2.05) is 18.2 Å². The number of halogens is 1. The molecule has 2 heterocycles. The first-order valence-corrected chi connectivity index (χ1v) is 10.7. The third kappa shape index (κ3) is 9.95. The Morgan fingerprint density at radius 3 is 2.63 bits per heavy atom. The van der Waals surface area contributed by atoms with Crippen LogP contribution in [-0.4, -0.2) is 51.5 Å². The molecule has 1 aliphatic rings. The molecule has 0 spiro atoms. The fraction of sp³-hybridized carbons (Fsp3) is 0.522. The number of guanidine groups is 1. The van der Waals surface area contributed by atoms with Crippen molar-refractivity contribution in [2.45, 2.75) is 38.2 Å². The fourth-order valence-corrected chi connectivity index (χ4v) is 3.25. The standard InChI is InChI=1S/C23H33N3O3.HI/c1-2-7-20(8-3-1)11-14-25-23(26-15-12-21-9-4-17-28-21)24-13-6-16-27-19-22-10-5-18-29-22;/h1-4,7-9,17,22H,5-6,10-16,18-19H2,(H2,24,25,26);1H. The molecule has 0 bridgehead atoms. The van der Waals surface area contributed by atoms with Gasteiger partial charge in [-0.2, -0.15) is 0 Å². The Kier molecular flexibility index (Phi) is 12.6. The van der Waals surface area contributed by atoms with E-state index in [0.717, 1.165) is 70.1 Å². The minimum Gasteiger partial charge on any atom is -0.469 e. The maximum atomic E-state index is 5.72. The van der Waals surface area contributed by atoms with Crippen LogP contribution in [0, 0.1) is 0 Å². The quantitative estimate of drug-likeness (QED) is 0.190. The van der Waals surface area contributed by atoms with Gasteiger partial charge < -0.3 is 24.5 Å². The number of ether oxygens (including phenoxy) is 2. The van der Waals surface area contributed by atoms with Gasteiger partial charge in [0.25, 0.3) is 0 Å². The molecule has 0 amide bonds. The van der Waals surface area contributed by atoms with Crippen LogP contribution < -0.4 is 10.6 Å². The number of nitrogens with zero attached hydrogens (tertiary/aromatic N) is 1. The summed E-state index contributed by atoms with van der Waals surface area (Å²) in [5.74, 6) is 1.82. The summed E-state index contributed by atoms with van der Waals surface area (Å²) in [5.41, 5.74) is 1.32. The number of furan rings is 1. The van der Waals surface area contributed by atoms with Crippen LogP contribution >= 0.6 is 24.0 Å². The third-order valence-electron chi connectivity index (χ3n) is 4.84. The highest BCUT2D eigenvalue weighted by Gasteiger charge is 2.14. The number of hydrogen-bond donors (Lipinski definition) is 2. The summed E-state index contributed by atoms with van der Waals surface area (Å²) in [5, 5.41) is 6.83. The van der Waals surface area contributed by atoms with Gasteiger partial charge >= 0.3 is 0 Å². The summed E-state index contributed by atoms with van der Waals surface area (Å²) in [4.78, 5) is 4.70. The number of rotatable bonds is 12.